The molecule has 0 radical (unpaired) electrons. The first-order valence-corrected chi connectivity index (χ1v) is 9.01. The van der Waals surface area contributed by atoms with Gasteiger partial charge < -0.3 is 19.9 Å². The Morgan fingerprint density at radius 2 is 1.91 bits per heavy atom. The molecule has 0 bridgehead atoms. The molecule has 0 aliphatic heterocycles. The van der Waals surface area contributed by atoms with Crippen molar-refractivity contribution in [2.24, 2.45) is 7.05 Å². The summed E-state index contributed by atoms with van der Waals surface area (Å²) in [6.07, 6.45) is -4.74. The molecule has 0 aliphatic carbocycles. The van der Waals surface area contributed by atoms with E-state index >= 15 is 0 Å². The molecule has 0 aliphatic rings. The van der Waals surface area contributed by atoms with Gasteiger partial charge in [-0.2, -0.15) is 18.4 Å². The monoisotopic (exact) mass is 454 g/mol. The van der Waals surface area contributed by atoms with Crippen LogP contribution in [-0.4, -0.2) is 41.5 Å². The Labute approximate surface area is 179 Å². The number of nitrogens with zero attached hydrogens (tertiary/aromatic N) is 2. The summed E-state index contributed by atoms with van der Waals surface area (Å²) in [5.74, 6) is -4.33. The summed E-state index contributed by atoms with van der Waals surface area (Å²) in [6.45, 7) is 0.517. The van der Waals surface area contributed by atoms with Gasteiger partial charge in [0.25, 0.3) is 17.6 Å². The van der Waals surface area contributed by atoms with E-state index in [0.29, 0.717) is 6.92 Å². The quantitative estimate of drug-likeness (QED) is 0.380. The SMILES string of the molecule is COCc1c(C(=O)Nc2ccc(F)c(C#N)c2)cc(C(=O)C(=O)NC(C)C(F)(F)F)n1C. The number of nitriles is 1. The summed E-state index contributed by atoms with van der Waals surface area (Å²) < 4.78 is 57.7. The number of ketones is 1. The van der Waals surface area contributed by atoms with Crippen molar-refractivity contribution < 1.29 is 36.7 Å². The summed E-state index contributed by atoms with van der Waals surface area (Å²) in [5.41, 5.74) is -0.500. The fourth-order valence-electron chi connectivity index (χ4n) is 2.72. The number of halogens is 4. The second-order valence-corrected chi connectivity index (χ2v) is 6.71. The molecule has 1 atom stereocenters. The number of ether oxygens (including phenoxy) is 1. The van der Waals surface area contributed by atoms with Crippen LogP contribution in [0.25, 0.3) is 0 Å². The highest BCUT2D eigenvalue weighted by atomic mass is 19.4. The van der Waals surface area contributed by atoms with Crippen LogP contribution in [0.2, 0.25) is 0 Å². The topological polar surface area (TPSA) is 113 Å². The number of methoxy groups -OCH3 is 1. The first-order valence-electron chi connectivity index (χ1n) is 9.01. The third-order valence-corrected chi connectivity index (χ3v) is 4.51. The lowest BCUT2D eigenvalue weighted by Crippen LogP contribution is -2.46. The average Bonchev–Trinajstić information content (AvgIpc) is 3.04. The Morgan fingerprint density at radius 3 is 2.47 bits per heavy atom. The number of nitrogens with one attached hydrogen (secondary N) is 2. The van der Waals surface area contributed by atoms with Gasteiger partial charge in [-0.1, -0.05) is 0 Å². The van der Waals surface area contributed by atoms with Crippen molar-refractivity contribution in [2.75, 3.05) is 12.4 Å². The zero-order valence-corrected chi connectivity index (χ0v) is 17.1. The molecule has 2 aromatic rings. The van der Waals surface area contributed by atoms with Crippen LogP contribution in [0.1, 0.15) is 39.0 Å². The molecule has 2 N–H and O–H groups in total. The largest absolute Gasteiger partial charge is 0.408 e. The number of rotatable bonds is 7. The number of carbonyl (C=O) groups is 3. The minimum atomic E-state index is -4.74. The van der Waals surface area contributed by atoms with E-state index in [4.69, 9.17) is 10.00 Å². The van der Waals surface area contributed by atoms with Gasteiger partial charge in [0, 0.05) is 19.8 Å². The molecular weight excluding hydrogens is 436 g/mol. The third kappa shape index (κ3) is 5.30. The predicted molar refractivity (Wildman–Crippen MR) is 103 cm³/mol. The van der Waals surface area contributed by atoms with Crippen LogP contribution in [-0.2, 0) is 23.2 Å². The fraction of sp³-hybridized carbons (Fsp3) is 0.300. The molecule has 0 saturated heterocycles. The maximum Gasteiger partial charge on any atom is 0.408 e. The number of benzene rings is 1. The Balaban J connectivity index is 2.35. The number of amides is 2. The third-order valence-electron chi connectivity index (χ3n) is 4.51. The van der Waals surface area contributed by atoms with E-state index < -0.39 is 35.6 Å². The number of alkyl halides is 3. The molecule has 2 amide bonds. The lowest BCUT2D eigenvalue weighted by atomic mass is 10.1. The van der Waals surface area contributed by atoms with Gasteiger partial charge >= 0.3 is 6.18 Å². The van der Waals surface area contributed by atoms with Crippen LogP contribution in [0, 0.1) is 17.1 Å². The van der Waals surface area contributed by atoms with Gasteiger partial charge in [0.2, 0.25) is 0 Å². The highest BCUT2D eigenvalue weighted by molar-refractivity contribution is 6.42. The van der Waals surface area contributed by atoms with Gasteiger partial charge in [-0.15, -0.1) is 0 Å². The molecule has 32 heavy (non-hydrogen) atoms. The van der Waals surface area contributed by atoms with Crippen molar-refractivity contribution in [2.45, 2.75) is 25.7 Å². The zero-order valence-electron chi connectivity index (χ0n) is 17.1. The number of hydrogen-bond donors (Lipinski definition) is 2. The van der Waals surface area contributed by atoms with Crippen molar-refractivity contribution in [3.63, 3.8) is 0 Å². The normalized spacial score (nSPS) is 12.1. The van der Waals surface area contributed by atoms with Gasteiger partial charge in [0.05, 0.1) is 29.1 Å². The van der Waals surface area contributed by atoms with Crippen LogP contribution < -0.4 is 10.6 Å². The smallest absolute Gasteiger partial charge is 0.378 e. The molecule has 0 spiro atoms. The number of aromatic nitrogens is 1. The zero-order chi connectivity index (χ0) is 24.2. The molecule has 12 heteroatoms. The summed E-state index contributed by atoms with van der Waals surface area (Å²) in [4.78, 5) is 37.2. The molecule has 8 nitrogen and oxygen atoms in total. The number of hydrogen-bond acceptors (Lipinski definition) is 5. The minimum Gasteiger partial charge on any atom is -0.378 e. The number of carbonyl (C=O) groups excluding carboxylic acids is 3. The number of Topliss-reactive ketones (excluding diaryl/α,β-unsaturated/α-hetero) is 1. The van der Waals surface area contributed by atoms with Gasteiger partial charge in [0.15, 0.2) is 0 Å². The number of anilines is 1. The minimum absolute atomic E-state index is 0.0878. The maximum absolute atomic E-state index is 13.5. The Hall–Kier alpha value is -3.72. The van der Waals surface area contributed by atoms with Crippen molar-refractivity contribution in [3.8, 4) is 6.07 Å². The summed E-state index contributed by atoms with van der Waals surface area (Å²) in [6, 6.07) is 3.71. The molecule has 0 fully saturated rings. The molecule has 2 rings (SSSR count). The highest BCUT2D eigenvalue weighted by Crippen LogP contribution is 2.22. The van der Waals surface area contributed by atoms with E-state index in [1.165, 1.54) is 20.2 Å². The molecule has 170 valence electrons. The first-order chi connectivity index (χ1) is 14.9. The lowest BCUT2D eigenvalue weighted by Gasteiger charge is -2.16. The Kier molecular flexibility index (Phi) is 7.37. The van der Waals surface area contributed by atoms with Gasteiger partial charge in [-0.05, 0) is 31.2 Å². The van der Waals surface area contributed by atoms with Crippen molar-refractivity contribution in [1.82, 2.24) is 9.88 Å². The van der Waals surface area contributed by atoms with Crippen LogP contribution in [0.4, 0.5) is 23.2 Å². The van der Waals surface area contributed by atoms with E-state index in [1.807, 2.05) is 0 Å². The van der Waals surface area contributed by atoms with Crippen LogP contribution in [0.3, 0.4) is 0 Å². The van der Waals surface area contributed by atoms with E-state index in [1.54, 1.807) is 11.4 Å². The van der Waals surface area contributed by atoms with E-state index in [0.717, 1.165) is 22.8 Å². The van der Waals surface area contributed by atoms with Crippen LogP contribution >= 0.6 is 0 Å². The van der Waals surface area contributed by atoms with E-state index in [2.05, 4.69) is 5.32 Å². The molecule has 1 heterocycles. The average molecular weight is 454 g/mol. The van der Waals surface area contributed by atoms with Crippen molar-refractivity contribution >= 4 is 23.3 Å². The highest BCUT2D eigenvalue weighted by Gasteiger charge is 2.38. The standard InChI is InChI=1S/C20H18F4N4O4/c1-10(20(22,23)24)26-19(31)17(29)15-7-13(16(9-32-3)28(15)2)18(30)27-12-4-5-14(21)11(6-12)8-25/h4-7,10H,9H2,1-3H3,(H,26,31)(H,27,30). The second-order valence-electron chi connectivity index (χ2n) is 6.71. The first kappa shape index (κ1) is 24.5. The molecule has 1 aromatic carbocycles. The van der Waals surface area contributed by atoms with Gasteiger partial charge in [-0.3, -0.25) is 14.4 Å². The van der Waals surface area contributed by atoms with Gasteiger partial charge in [-0.25, -0.2) is 4.39 Å². The Morgan fingerprint density at radius 1 is 1.25 bits per heavy atom. The van der Waals surface area contributed by atoms with Crippen LogP contribution in [0.5, 0.6) is 0 Å². The summed E-state index contributed by atoms with van der Waals surface area (Å²) in [5, 5.41) is 12.9. The Bertz CT molecular complexity index is 1100. The van der Waals surface area contributed by atoms with Gasteiger partial charge in [0.1, 0.15) is 17.9 Å². The van der Waals surface area contributed by atoms with Crippen molar-refractivity contribution in [1.29, 1.82) is 5.26 Å². The molecule has 1 aromatic heterocycles. The fourth-order valence-corrected chi connectivity index (χ4v) is 2.72. The summed E-state index contributed by atoms with van der Waals surface area (Å²) in [7, 11) is 2.65. The van der Waals surface area contributed by atoms with Crippen molar-refractivity contribution in [3.05, 3.63) is 52.6 Å². The predicted octanol–water partition coefficient (Wildman–Crippen LogP) is 2.68. The lowest BCUT2D eigenvalue weighted by molar-refractivity contribution is -0.156. The van der Waals surface area contributed by atoms with Crippen LogP contribution in [0.15, 0.2) is 24.3 Å². The maximum atomic E-state index is 13.5. The molecular formula is C20H18F4N4O4. The van der Waals surface area contributed by atoms with E-state index in [-0.39, 0.29) is 34.8 Å². The molecule has 1 unspecified atom stereocenters. The molecule has 0 saturated carbocycles. The summed E-state index contributed by atoms with van der Waals surface area (Å²) >= 11 is 0. The second kappa shape index (κ2) is 9.61. The van der Waals surface area contributed by atoms with E-state index in [9.17, 15) is 31.9 Å².